The highest BCUT2D eigenvalue weighted by atomic mass is 19.1. The van der Waals surface area contributed by atoms with Gasteiger partial charge in [0.25, 0.3) is 0 Å². The van der Waals surface area contributed by atoms with Gasteiger partial charge in [-0.2, -0.15) is 20.4 Å². The van der Waals surface area contributed by atoms with Crippen LogP contribution in [0.5, 0.6) is 0 Å². The van der Waals surface area contributed by atoms with Gasteiger partial charge in [0.15, 0.2) is 11.2 Å². The first kappa shape index (κ1) is 33.6. The number of ether oxygens (including phenoxy) is 2. The van der Waals surface area contributed by atoms with Crippen molar-refractivity contribution in [3.8, 4) is 0 Å². The minimum Gasteiger partial charge on any atom is -0.450 e. The highest BCUT2D eigenvalue weighted by Gasteiger charge is 2.43. The molecule has 50 heavy (non-hydrogen) atoms. The highest BCUT2D eigenvalue weighted by Crippen LogP contribution is 2.35. The molecule has 0 aliphatic carbocycles. The molecular formula is C30H26F4N12O4. The summed E-state index contributed by atoms with van der Waals surface area (Å²) in [5.41, 5.74) is -4.23. The third-order valence-corrected chi connectivity index (χ3v) is 7.53. The Kier molecular flexibility index (Phi) is 9.68. The number of carbonyl (C=O) groups is 2. The van der Waals surface area contributed by atoms with Gasteiger partial charge in [-0.25, -0.2) is 56.2 Å². The predicted molar refractivity (Wildman–Crippen MR) is 158 cm³/mol. The Bertz CT molecular complexity index is 1810. The number of aromatic nitrogens is 12. The number of carbonyl (C=O) groups excluding carboxylic acids is 2. The van der Waals surface area contributed by atoms with Crippen LogP contribution in [-0.4, -0.2) is 71.0 Å². The Morgan fingerprint density at radius 1 is 0.540 bits per heavy atom. The number of nitrogens with zero attached hydrogens (tertiary/aromatic N) is 12. The van der Waals surface area contributed by atoms with E-state index in [0.717, 1.165) is 24.3 Å². The number of halogens is 4. The number of benzene rings is 2. The van der Waals surface area contributed by atoms with Gasteiger partial charge in [0.05, 0.1) is 39.0 Å². The molecule has 6 aromatic rings. The summed E-state index contributed by atoms with van der Waals surface area (Å²) in [6, 6.07) is 5.52. The van der Waals surface area contributed by atoms with Crippen molar-refractivity contribution < 1.29 is 36.6 Å². The van der Waals surface area contributed by atoms with Gasteiger partial charge in [-0.3, -0.25) is 9.59 Å². The Hall–Kier alpha value is -6.34. The number of hydrogen-bond acceptors (Lipinski definition) is 12. The van der Waals surface area contributed by atoms with Crippen molar-refractivity contribution >= 4 is 11.9 Å². The first-order chi connectivity index (χ1) is 24.1. The third-order valence-electron chi connectivity index (χ3n) is 7.53. The largest absolute Gasteiger partial charge is 0.450 e. The molecule has 2 aromatic carbocycles. The fraction of sp³-hybridized carbons (Fsp3) is 0.267. The number of rotatable bonds is 15. The lowest BCUT2D eigenvalue weighted by molar-refractivity contribution is -0.173. The van der Waals surface area contributed by atoms with Crippen molar-refractivity contribution in [2.75, 3.05) is 0 Å². The van der Waals surface area contributed by atoms with E-state index in [0.29, 0.717) is 12.1 Å². The summed E-state index contributed by atoms with van der Waals surface area (Å²) in [4.78, 5) is 42.7. The minimum absolute atomic E-state index is 0.215. The minimum atomic E-state index is -1.90. The van der Waals surface area contributed by atoms with Crippen LogP contribution in [0.4, 0.5) is 17.6 Å². The first-order valence-electron chi connectivity index (χ1n) is 14.8. The summed E-state index contributed by atoms with van der Waals surface area (Å²) >= 11 is 0. The number of hydrogen-bond donors (Lipinski definition) is 0. The summed E-state index contributed by atoms with van der Waals surface area (Å²) < 4.78 is 75.8. The molecule has 0 N–H and O–H groups in total. The van der Waals surface area contributed by atoms with Gasteiger partial charge in [-0.15, -0.1) is 0 Å². The van der Waals surface area contributed by atoms with Crippen molar-refractivity contribution in [1.29, 1.82) is 0 Å². The van der Waals surface area contributed by atoms with E-state index in [1.54, 1.807) is 0 Å². The van der Waals surface area contributed by atoms with Crippen LogP contribution in [0.15, 0.2) is 87.0 Å². The zero-order valence-corrected chi connectivity index (χ0v) is 25.8. The summed E-state index contributed by atoms with van der Waals surface area (Å²) in [6.45, 7) is -1.19. The van der Waals surface area contributed by atoms with E-state index in [-0.39, 0.29) is 37.3 Å². The summed E-state index contributed by atoms with van der Waals surface area (Å²) in [5, 5.41) is 16.2. The quantitative estimate of drug-likeness (QED) is 0.114. The van der Waals surface area contributed by atoms with E-state index in [9.17, 15) is 18.4 Å². The molecule has 0 unspecified atom stereocenters. The molecular weight excluding hydrogens is 668 g/mol. The van der Waals surface area contributed by atoms with Crippen molar-refractivity contribution in [1.82, 2.24) is 59.1 Å². The molecule has 0 aliphatic rings. The Balaban J connectivity index is 1.29. The predicted octanol–water partition coefficient (Wildman–Crippen LogP) is 2.37. The van der Waals surface area contributed by atoms with E-state index < -0.39 is 59.3 Å². The maximum atomic E-state index is 15.4. The summed E-state index contributed by atoms with van der Waals surface area (Å²) in [5.74, 6) is -5.76. The van der Waals surface area contributed by atoms with E-state index >= 15 is 8.78 Å². The number of esters is 2. The lowest BCUT2D eigenvalue weighted by atomic mass is 9.92. The van der Waals surface area contributed by atoms with Crippen LogP contribution in [0.1, 0.15) is 24.0 Å². The van der Waals surface area contributed by atoms with Gasteiger partial charge in [0, 0.05) is 23.3 Å². The zero-order valence-electron chi connectivity index (χ0n) is 25.8. The topological polar surface area (TPSA) is 175 Å². The summed E-state index contributed by atoms with van der Waals surface area (Å²) in [7, 11) is 0. The third kappa shape index (κ3) is 7.69. The molecule has 4 aromatic heterocycles. The lowest BCUT2D eigenvalue weighted by Crippen LogP contribution is -2.43. The normalized spacial score (nSPS) is 11.8. The molecule has 4 heterocycles. The Labute approximate surface area is 279 Å². The average Bonchev–Trinajstić information content (AvgIpc) is 3.90. The average molecular weight is 695 g/mol. The molecule has 20 heteroatoms. The molecule has 6 rings (SSSR count). The molecule has 0 bridgehead atoms. The molecule has 0 fully saturated rings. The molecule has 16 nitrogen and oxygen atoms in total. The first-order valence-corrected chi connectivity index (χ1v) is 14.8. The maximum Gasteiger partial charge on any atom is 0.307 e. The zero-order chi connectivity index (χ0) is 35.1. The monoisotopic (exact) mass is 694 g/mol. The fourth-order valence-corrected chi connectivity index (χ4v) is 5.44. The second-order valence-corrected chi connectivity index (χ2v) is 11.1. The van der Waals surface area contributed by atoms with Crippen LogP contribution >= 0.6 is 0 Å². The van der Waals surface area contributed by atoms with Crippen LogP contribution in [-0.2, 0) is 56.4 Å². The van der Waals surface area contributed by atoms with Crippen LogP contribution in [0, 0.1) is 23.3 Å². The molecule has 0 atom stereocenters. The van der Waals surface area contributed by atoms with Crippen LogP contribution in [0.25, 0.3) is 0 Å². The smallest absolute Gasteiger partial charge is 0.307 e. The second-order valence-electron chi connectivity index (χ2n) is 11.1. The van der Waals surface area contributed by atoms with Gasteiger partial charge in [-0.1, -0.05) is 0 Å². The SMILES string of the molecule is O=C(CCC(=O)OC(Cn1cncn1)(Cn1cncn1)c1ccc(F)cc1F)OC(Cn1cncn1)(Cn1cncn1)c1ccc(F)cc1F. The van der Waals surface area contributed by atoms with E-state index in [2.05, 4.69) is 40.3 Å². The maximum absolute atomic E-state index is 15.4. The van der Waals surface area contributed by atoms with E-state index in [1.165, 1.54) is 69.3 Å². The highest BCUT2D eigenvalue weighted by molar-refractivity contribution is 5.78. The molecule has 0 radical (unpaired) electrons. The Morgan fingerprint density at radius 3 is 1.12 bits per heavy atom. The van der Waals surface area contributed by atoms with Gasteiger partial charge in [0.1, 0.15) is 73.9 Å². The van der Waals surface area contributed by atoms with Crippen LogP contribution < -0.4 is 0 Å². The van der Waals surface area contributed by atoms with Crippen molar-refractivity contribution in [2.45, 2.75) is 50.2 Å². The van der Waals surface area contributed by atoms with E-state index in [4.69, 9.17) is 9.47 Å². The molecule has 0 spiro atoms. The van der Waals surface area contributed by atoms with E-state index in [1.807, 2.05) is 0 Å². The van der Waals surface area contributed by atoms with Crippen molar-refractivity contribution in [3.05, 3.63) is 121 Å². The standard InChI is InChI=1S/C30H26F4N12O4/c31-21-1-3-23(25(33)7-21)29(9-43-17-35-13-39-43,10-44-18-36-14-40-44)49-27(47)5-6-28(48)50-30(11-45-19-37-15-41-45,12-46-20-38-16-42-46)24-4-2-22(32)8-26(24)34/h1-4,7-8,13-20H,5-6,9-12H2. The second kappa shape index (κ2) is 14.4. The van der Waals surface area contributed by atoms with Crippen molar-refractivity contribution in [2.24, 2.45) is 0 Å². The van der Waals surface area contributed by atoms with Crippen LogP contribution in [0.2, 0.25) is 0 Å². The molecule has 258 valence electrons. The van der Waals surface area contributed by atoms with Crippen LogP contribution in [0.3, 0.4) is 0 Å². The molecule has 0 aliphatic heterocycles. The lowest BCUT2D eigenvalue weighted by Gasteiger charge is -2.34. The molecule has 0 saturated carbocycles. The van der Waals surface area contributed by atoms with Gasteiger partial charge >= 0.3 is 11.9 Å². The Morgan fingerprint density at radius 2 is 0.860 bits per heavy atom. The van der Waals surface area contributed by atoms with Gasteiger partial charge < -0.3 is 9.47 Å². The molecule has 0 saturated heterocycles. The van der Waals surface area contributed by atoms with Gasteiger partial charge in [-0.05, 0) is 24.3 Å². The summed E-state index contributed by atoms with van der Waals surface area (Å²) in [6.07, 6.45) is 8.88. The van der Waals surface area contributed by atoms with Crippen molar-refractivity contribution in [3.63, 3.8) is 0 Å². The molecule has 0 amide bonds. The van der Waals surface area contributed by atoms with Gasteiger partial charge in [0.2, 0.25) is 0 Å². The fourth-order valence-electron chi connectivity index (χ4n) is 5.44.